The maximum Gasteiger partial charge on any atom is 0.137 e. The van der Waals surface area contributed by atoms with Gasteiger partial charge in [-0.05, 0) is 130 Å². The van der Waals surface area contributed by atoms with Crippen LogP contribution < -0.4 is 9.80 Å². The first-order chi connectivity index (χ1) is 34.1. The van der Waals surface area contributed by atoms with Gasteiger partial charge in [-0.15, -0.1) is 0 Å². The highest BCUT2D eigenvalue weighted by atomic mass is 16.5. The minimum absolute atomic E-state index is 0.0149. The summed E-state index contributed by atoms with van der Waals surface area (Å²) in [5.74, 6) is 1.03. The van der Waals surface area contributed by atoms with Crippen LogP contribution in [0.15, 0.2) is 265 Å². The second kappa shape index (κ2) is 22.0. The highest BCUT2D eigenvalue weighted by Gasteiger charge is 2.14. The molecule has 1 aliphatic rings. The molecular formula is C64H46N4O. The van der Waals surface area contributed by atoms with E-state index in [1.165, 1.54) is 0 Å². The molecule has 5 heteroatoms. The van der Waals surface area contributed by atoms with Gasteiger partial charge in [0.1, 0.15) is 29.2 Å². The number of benzene rings is 8. The van der Waals surface area contributed by atoms with E-state index in [9.17, 15) is 10.5 Å². The Labute approximate surface area is 404 Å². The molecule has 5 nitrogen and oxygen atoms in total. The topological polar surface area (TPSA) is 63.3 Å². The molecular weight excluding hydrogens is 841 g/mol. The first-order valence-corrected chi connectivity index (χ1v) is 22.7. The van der Waals surface area contributed by atoms with E-state index in [0.717, 1.165) is 67.5 Å². The average molecular weight is 887 g/mol. The van der Waals surface area contributed by atoms with Crippen LogP contribution in [0.25, 0.3) is 36.5 Å². The molecule has 8 aromatic rings. The molecule has 0 aliphatic carbocycles. The first-order valence-electron chi connectivity index (χ1n) is 22.7. The van der Waals surface area contributed by atoms with E-state index in [1.54, 1.807) is 12.2 Å². The maximum absolute atomic E-state index is 9.71. The van der Waals surface area contributed by atoms with Gasteiger partial charge in [-0.25, -0.2) is 0 Å². The lowest BCUT2D eigenvalue weighted by Gasteiger charge is -2.25. The third kappa shape index (κ3) is 11.6. The van der Waals surface area contributed by atoms with Crippen molar-refractivity contribution in [3.63, 3.8) is 0 Å². The number of para-hydroxylation sites is 4. The summed E-state index contributed by atoms with van der Waals surface area (Å²) in [5, 5.41) is 19.4. The Bertz CT molecular complexity index is 3000. The highest BCUT2D eigenvalue weighted by Crippen LogP contribution is 2.36. The molecule has 0 saturated carbocycles. The number of ether oxygens (including phenoxy) is 1. The van der Waals surface area contributed by atoms with Gasteiger partial charge in [-0.2, -0.15) is 10.5 Å². The first kappa shape index (κ1) is 44.5. The summed E-state index contributed by atoms with van der Waals surface area (Å²) in [6, 6.07) is 79.1. The minimum Gasteiger partial charge on any atom is -0.457 e. The summed E-state index contributed by atoms with van der Waals surface area (Å²) in [6.07, 6.45) is 19.5. The Morgan fingerprint density at radius 3 is 0.797 bits per heavy atom. The lowest BCUT2D eigenvalue weighted by Crippen LogP contribution is -2.09. The second-order valence-electron chi connectivity index (χ2n) is 16.1. The van der Waals surface area contributed by atoms with Crippen LogP contribution in [-0.2, 0) is 4.74 Å². The standard InChI is InChI=1S/C64H46N4O/c65-47-56(48-66)55-45-63(43-37-51-27-21-49(22-28-51)25-31-53-33-39-61(40-34-53)67(57-13-5-1-6-14-57)58-15-7-2-8-16-58)69-64(46-55)44-38-52-29-23-50(24-30-52)26-32-54-35-41-62(42-36-54)68(59-17-9-3-10-18-59)60-19-11-4-12-20-60/h1-46H. The molecule has 9 rings (SSSR count). The smallest absolute Gasteiger partial charge is 0.137 e. The molecule has 0 fully saturated rings. The fourth-order valence-corrected chi connectivity index (χ4v) is 7.86. The van der Waals surface area contributed by atoms with Crippen molar-refractivity contribution >= 4 is 70.6 Å². The Kier molecular flexibility index (Phi) is 14.2. The summed E-state index contributed by atoms with van der Waals surface area (Å²) < 4.78 is 6.24. The van der Waals surface area contributed by atoms with Crippen molar-refractivity contribution in [1.29, 1.82) is 10.5 Å². The third-order valence-corrected chi connectivity index (χ3v) is 11.4. The van der Waals surface area contributed by atoms with Gasteiger partial charge < -0.3 is 14.5 Å². The van der Waals surface area contributed by atoms with Crippen LogP contribution in [0.3, 0.4) is 0 Å². The molecule has 8 aromatic carbocycles. The zero-order valence-electron chi connectivity index (χ0n) is 37.8. The van der Waals surface area contributed by atoms with Crippen LogP contribution in [0.2, 0.25) is 0 Å². The molecule has 0 amide bonds. The molecule has 0 N–H and O–H groups in total. The summed E-state index contributed by atoms with van der Waals surface area (Å²) in [4.78, 5) is 4.50. The van der Waals surface area contributed by atoms with Crippen LogP contribution in [0.5, 0.6) is 0 Å². The van der Waals surface area contributed by atoms with Crippen molar-refractivity contribution in [2.45, 2.75) is 0 Å². The summed E-state index contributed by atoms with van der Waals surface area (Å²) >= 11 is 0. The number of nitriles is 2. The normalized spacial score (nSPS) is 12.3. The van der Waals surface area contributed by atoms with Gasteiger partial charge in [0.2, 0.25) is 0 Å². The molecule has 1 aliphatic heterocycles. The molecule has 0 atom stereocenters. The van der Waals surface area contributed by atoms with Crippen LogP contribution in [0, 0.1) is 22.7 Å². The van der Waals surface area contributed by atoms with Gasteiger partial charge >= 0.3 is 0 Å². The van der Waals surface area contributed by atoms with Gasteiger partial charge in [-0.3, -0.25) is 0 Å². The third-order valence-electron chi connectivity index (χ3n) is 11.4. The predicted octanol–water partition coefficient (Wildman–Crippen LogP) is 16.8. The van der Waals surface area contributed by atoms with Crippen molar-refractivity contribution in [1.82, 2.24) is 0 Å². The van der Waals surface area contributed by atoms with Crippen molar-refractivity contribution < 1.29 is 4.74 Å². The minimum atomic E-state index is 0.0149. The van der Waals surface area contributed by atoms with E-state index in [-0.39, 0.29) is 5.57 Å². The fraction of sp³-hybridized carbons (Fsp3) is 0. The zero-order chi connectivity index (χ0) is 47.0. The Hall–Kier alpha value is -9.68. The van der Waals surface area contributed by atoms with Gasteiger partial charge in [0, 0.05) is 39.7 Å². The molecule has 0 saturated heterocycles. The summed E-state index contributed by atoms with van der Waals surface area (Å²) in [7, 11) is 0. The highest BCUT2D eigenvalue weighted by molar-refractivity contribution is 5.80. The molecule has 0 unspecified atom stereocenters. The fourth-order valence-electron chi connectivity index (χ4n) is 7.86. The van der Waals surface area contributed by atoms with E-state index in [2.05, 4.69) is 204 Å². The maximum atomic E-state index is 9.71. The van der Waals surface area contributed by atoms with Crippen LogP contribution >= 0.6 is 0 Å². The van der Waals surface area contributed by atoms with Crippen molar-refractivity contribution in [2.24, 2.45) is 0 Å². The molecule has 328 valence electrons. The number of allylic oxidation sites excluding steroid dienone is 6. The van der Waals surface area contributed by atoms with E-state index >= 15 is 0 Å². The molecule has 1 heterocycles. The quantitative estimate of drug-likeness (QED) is 0.0804. The Balaban J connectivity index is 0.823. The lowest BCUT2D eigenvalue weighted by atomic mass is 10.0. The van der Waals surface area contributed by atoms with E-state index < -0.39 is 0 Å². The van der Waals surface area contributed by atoms with Crippen molar-refractivity contribution in [3.05, 3.63) is 299 Å². The SMILES string of the molecule is N#CC(C#N)=C1C=C(C=Cc2ccc(C=Cc3ccc(N(c4ccccc4)c4ccccc4)cc3)cc2)OC(C=Cc2ccc(C=Cc3ccc(N(c4ccccc4)c4ccccc4)cc3)cc2)=C1. The van der Waals surface area contributed by atoms with E-state index in [1.807, 2.05) is 85.0 Å². The number of rotatable bonds is 14. The van der Waals surface area contributed by atoms with E-state index in [0.29, 0.717) is 17.1 Å². The van der Waals surface area contributed by atoms with Crippen molar-refractivity contribution in [3.8, 4) is 12.1 Å². The van der Waals surface area contributed by atoms with Crippen molar-refractivity contribution in [2.75, 3.05) is 9.80 Å². The van der Waals surface area contributed by atoms with E-state index in [4.69, 9.17) is 4.74 Å². The number of anilines is 6. The number of hydrogen-bond acceptors (Lipinski definition) is 5. The Morgan fingerprint density at radius 2 is 0.536 bits per heavy atom. The lowest BCUT2D eigenvalue weighted by molar-refractivity contribution is 0.332. The van der Waals surface area contributed by atoms with Gasteiger partial charge in [0.25, 0.3) is 0 Å². The largest absolute Gasteiger partial charge is 0.457 e. The Morgan fingerprint density at radius 1 is 0.304 bits per heavy atom. The predicted molar refractivity (Wildman–Crippen MR) is 287 cm³/mol. The van der Waals surface area contributed by atoms with Crippen LogP contribution in [0.4, 0.5) is 34.1 Å². The zero-order valence-corrected chi connectivity index (χ0v) is 37.8. The van der Waals surface area contributed by atoms with Gasteiger partial charge in [0.15, 0.2) is 0 Å². The second-order valence-corrected chi connectivity index (χ2v) is 16.1. The van der Waals surface area contributed by atoms with Gasteiger partial charge in [0.05, 0.1) is 0 Å². The summed E-state index contributed by atoms with van der Waals surface area (Å²) in [6.45, 7) is 0. The van der Waals surface area contributed by atoms with Crippen LogP contribution in [0.1, 0.15) is 33.4 Å². The molecule has 0 spiro atoms. The number of hydrogen-bond donors (Lipinski definition) is 0. The monoisotopic (exact) mass is 886 g/mol. The molecule has 0 radical (unpaired) electrons. The average Bonchev–Trinajstić information content (AvgIpc) is 3.41. The van der Waals surface area contributed by atoms with Crippen LogP contribution in [-0.4, -0.2) is 0 Å². The molecule has 0 bridgehead atoms. The number of nitrogens with zero attached hydrogens (tertiary/aromatic N) is 4. The van der Waals surface area contributed by atoms with Gasteiger partial charge in [-0.1, -0.05) is 182 Å². The summed E-state index contributed by atoms with van der Waals surface area (Å²) in [5.41, 5.74) is 13.4. The molecule has 0 aromatic heterocycles. The molecule has 69 heavy (non-hydrogen) atoms.